The summed E-state index contributed by atoms with van der Waals surface area (Å²) in [5.74, 6) is 1.79. The molecule has 0 aliphatic heterocycles. The summed E-state index contributed by atoms with van der Waals surface area (Å²) < 4.78 is 11.2. The second kappa shape index (κ2) is 6.06. The van der Waals surface area contributed by atoms with E-state index in [-0.39, 0.29) is 12.6 Å². The van der Waals surface area contributed by atoms with E-state index in [2.05, 4.69) is 15.5 Å². The molecule has 0 unspecified atom stereocenters. The number of rotatable bonds is 5. The van der Waals surface area contributed by atoms with Gasteiger partial charge < -0.3 is 20.2 Å². The number of hydrogen-bond donors (Lipinski definition) is 2. The number of nitrogens with one attached hydrogen (secondary N) is 1. The van der Waals surface area contributed by atoms with Crippen LogP contribution in [0.3, 0.4) is 0 Å². The first-order valence-corrected chi connectivity index (χ1v) is 6.46. The summed E-state index contributed by atoms with van der Waals surface area (Å²) in [6.07, 6.45) is 0. The molecular weight excluding hydrogens is 268 g/mol. The minimum absolute atomic E-state index is 0.205. The fourth-order valence-corrected chi connectivity index (χ4v) is 1.78. The Bertz CT molecular complexity index is 712. The fourth-order valence-electron chi connectivity index (χ4n) is 1.78. The molecule has 0 atom stereocenters. The van der Waals surface area contributed by atoms with Crippen molar-refractivity contribution < 1.29 is 9.15 Å². The van der Waals surface area contributed by atoms with Crippen LogP contribution in [0.4, 0.5) is 11.7 Å². The fraction of sp³-hybridized carbons (Fsp3) is 0.0667. The van der Waals surface area contributed by atoms with Crippen LogP contribution in [0, 0.1) is 0 Å². The van der Waals surface area contributed by atoms with Gasteiger partial charge in [0.25, 0.3) is 0 Å². The highest BCUT2D eigenvalue weighted by Crippen LogP contribution is 2.30. The normalized spacial score (nSPS) is 10.3. The molecule has 0 aliphatic rings. The van der Waals surface area contributed by atoms with Crippen LogP contribution in [-0.4, -0.2) is 10.2 Å². The van der Waals surface area contributed by atoms with E-state index in [1.54, 1.807) is 0 Å². The topological polar surface area (TPSA) is 86.2 Å². The summed E-state index contributed by atoms with van der Waals surface area (Å²) >= 11 is 0. The third-order valence-electron chi connectivity index (χ3n) is 2.74. The van der Waals surface area contributed by atoms with E-state index in [1.165, 1.54) is 0 Å². The van der Waals surface area contributed by atoms with Crippen molar-refractivity contribution in [2.75, 3.05) is 5.32 Å². The molecule has 21 heavy (non-hydrogen) atoms. The van der Waals surface area contributed by atoms with Crippen LogP contribution >= 0.6 is 0 Å². The summed E-state index contributed by atoms with van der Waals surface area (Å²) in [5, 5.41) is 10.7. The van der Waals surface area contributed by atoms with Crippen LogP contribution in [0.25, 0.3) is 0 Å². The van der Waals surface area contributed by atoms with Crippen molar-refractivity contribution in [2.45, 2.75) is 6.54 Å². The zero-order valence-electron chi connectivity index (χ0n) is 11.2. The van der Waals surface area contributed by atoms with Gasteiger partial charge in [-0.1, -0.05) is 35.4 Å². The average molecular weight is 282 g/mol. The van der Waals surface area contributed by atoms with Gasteiger partial charge in [-0.05, 0) is 24.3 Å². The summed E-state index contributed by atoms with van der Waals surface area (Å²) in [7, 11) is 0. The largest absolute Gasteiger partial charge is 0.455 e. The van der Waals surface area contributed by atoms with E-state index in [1.807, 2.05) is 54.6 Å². The monoisotopic (exact) mass is 282 g/mol. The van der Waals surface area contributed by atoms with Gasteiger partial charge in [0, 0.05) is 0 Å². The van der Waals surface area contributed by atoms with Gasteiger partial charge in [-0.2, -0.15) is 0 Å². The lowest BCUT2D eigenvalue weighted by molar-refractivity contribution is 0.482. The molecule has 6 heteroatoms. The first kappa shape index (κ1) is 13.1. The molecule has 3 N–H and O–H groups in total. The first-order chi connectivity index (χ1) is 10.3. The summed E-state index contributed by atoms with van der Waals surface area (Å²) in [6.45, 7) is 0.205. The minimum atomic E-state index is 0.205. The lowest BCUT2D eigenvalue weighted by atomic mass is 10.3. The van der Waals surface area contributed by atoms with E-state index in [0.717, 1.165) is 11.4 Å². The lowest BCUT2D eigenvalue weighted by Gasteiger charge is -2.10. The molecule has 0 fully saturated rings. The van der Waals surface area contributed by atoms with E-state index >= 15 is 0 Å². The Kier molecular flexibility index (Phi) is 3.79. The Labute approximate surface area is 121 Å². The second-order valence-electron chi connectivity index (χ2n) is 4.24. The van der Waals surface area contributed by atoms with Gasteiger partial charge in [-0.15, -0.1) is 5.10 Å². The van der Waals surface area contributed by atoms with Crippen molar-refractivity contribution >= 4 is 11.7 Å². The Morgan fingerprint density at radius 3 is 2.52 bits per heavy atom. The molecule has 3 rings (SSSR count). The molecule has 0 bridgehead atoms. The molecule has 0 aliphatic carbocycles. The number of hydrogen-bond acceptors (Lipinski definition) is 6. The number of benzene rings is 2. The first-order valence-electron chi connectivity index (χ1n) is 6.46. The maximum Gasteiger partial charge on any atom is 0.320 e. The van der Waals surface area contributed by atoms with Crippen LogP contribution in [0.5, 0.6) is 11.5 Å². The molecule has 106 valence electrons. The van der Waals surface area contributed by atoms with Crippen LogP contribution in [-0.2, 0) is 6.54 Å². The van der Waals surface area contributed by atoms with Crippen LogP contribution < -0.4 is 15.8 Å². The molecule has 2 aromatic carbocycles. The molecule has 1 heterocycles. The molecule has 0 spiro atoms. The molecule has 0 saturated carbocycles. The Balaban J connectivity index is 1.82. The summed E-state index contributed by atoms with van der Waals surface area (Å²) in [5.41, 5.74) is 6.17. The average Bonchev–Trinajstić information content (AvgIpc) is 2.98. The highest BCUT2D eigenvalue weighted by atomic mass is 16.5. The highest BCUT2D eigenvalue weighted by Gasteiger charge is 2.09. The third-order valence-corrected chi connectivity index (χ3v) is 2.74. The van der Waals surface area contributed by atoms with Crippen LogP contribution in [0.2, 0.25) is 0 Å². The van der Waals surface area contributed by atoms with Crippen LogP contribution in [0.15, 0.2) is 59.0 Å². The third kappa shape index (κ3) is 3.18. The van der Waals surface area contributed by atoms with Crippen molar-refractivity contribution in [3.63, 3.8) is 0 Å². The van der Waals surface area contributed by atoms with Crippen molar-refractivity contribution in [3.8, 4) is 11.5 Å². The van der Waals surface area contributed by atoms with Gasteiger partial charge in [0.05, 0.1) is 12.2 Å². The second-order valence-corrected chi connectivity index (χ2v) is 4.24. The number of aromatic nitrogens is 2. The van der Waals surface area contributed by atoms with Gasteiger partial charge in [0.1, 0.15) is 5.75 Å². The highest BCUT2D eigenvalue weighted by molar-refractivity contribution is 5.62. The molecule has 0 radical (unpaired) electrons. The molecule has 3 aromatic rings. The van der Waals surface area contributed by atoms with Crippen LogP contribution in [0.1, 0.15) is 5.89 Å². The van der Waals surface area contributed by atoms with Gasteiger partial charge >= 0.3 is 6.01 Å². The number of ether oxygens (including phenoxy) is 1. The number of para-hydroxylation sites is 3. The zero-order chi connectivity index (χ0) is 14.5. The molecule has 6 nitrogen and oxygen atoms in total. The quantitative estimate of drug-likeness (QED) is 0.748. The van der Waals surface area contributed by atoms with E-state index in [4.69, 9.17) is 14.9 Å². The predicted molar refractivity (Wildman–Crippen MR) is 78.4 cm³/mol. The van der Waals surface area contributed by atoms with Gasteiger partial charge in [-0.3, -0.25) is 0 Å². The van der Waals surface area contributed by atoms with Gasteiger partial charge in [0.15, 0.2) is 5.75 Å². The Morgan fingerprint density at radius 1 is 1.00 bits per heavy atom. The van der Waals surface area contributed by atoms with Crippen molar-refractivity contribution in [1.82, 2.24) is 10.2 Å². The number of anilines is 2. The van der Waals surface area contributed by atoms with Gasteiger partial charge in [-0.25, -0.2) is 0 Å². The smallest absolute Gasteiger partial charge is 0.320 e. The number of nitrogens with zero attached hydrogens (tertiary/aromatic N) is 2. The standard InChI is InChI=1S/C15H14N4O2/c16-10-14-18-19-15(21-14)17-12-8-4-5-9-13(12)20-11-6-2-1-3-7-11/h1-9H,10,16H2,(H,17,19). The van der Waals surface area contributed by atoms with Gasteiger partial charge in [0.2, 0.25) is 5.89 Å². The van der Waals surface area contributed by atoms with E-state index in [0.29, 0.717) is 11.6 Å². The summed E-state index contributed by atoms with van der Waals surface area (Å²) in [6, 6.07) is 17.3. The van der Waals surface area contributed by atoms with E-state index < -0.39 is 0 Å². The Hall–Kier alpha value is -2.86. The van der Waals surface area contributed by atoms with E-state index in [9.17, 15) is 0 Å². The van der Waals surface area contributed by atoms with Crippen molar-refractivity contribution in [2.24, 2.45) is 5.73 Å². The molecule has 0 amide bonds. The Morgan fingerprint density at radius 2 is 1.76 bits per heavy atom. The predicted octanol–water partition coefficient (Wildman–Crippen LogP) is 3.06. The summed E-state index contributed by atoms with van der Waals surface area (Å²) in [4.78, 5) is 0. The van der Waals surface area contributed by atoms with Crippen molar-refractivity contribution in [1.29, 1.82) is 0 Å². The SMILES string of the molecule is NCc1nnc(Nc2ccccc2Oc2ccccc2)o1. The molecule has 0 saturated heterocycles. The van der Waals surface area contributed by atoms with Crippen molar-refractivity contribution in [3.05, 3.63) is 60.5 Å². The maximum atomic E-state index is 5.84. The minimum Gasteiger partial charge on any atom is -0.455 e. The lowest BCUT2D eigenvalue weighted by Crippen LogP contribution is -1.95. The number of nitrogens with two attached hydrogens (primary N) is 1. The maximum absolute atomic E-state index is 5.84. The zero-order valence-corrected chi connectivity index (χ0v) is 11.2. The molecular formula is C15H14N4O2. The molecule has 1 aromatic heterocycles.